The second-order valence-corrected chi connectivity index (χ2v) is 7.99. The van der Waals surface area contributed by atoms with Gasteiger partial charge < -0.3 is 20.1 Å². The Morgan fingerprint density at radius 3 is 2.37 bits per heavy atom. The number of nitrogens with one attached hydrogen (secondary N) is 3. The standard InChI is InChI=1S/C27H27N3O4S/c1-18(20-8-5-4-6-9-20)28-26(32)21-10-7-11-22(17-21)29-27(35)30-25(31)15-13-19-12-14-23(33-2)24(16-19)34-3/h4-18H,1-3H3,(H,28,32)(H2,29,30,31,35)/b15-13+. The van der Waals surface area contributed by atoms with Crippen LogP contribution in [0.2, 0.25) is 0 Å². The summed E-state index contributed by atoms with van der Waals surface area (Å²) in [6.45, 7) is 1.93. The molecule has 7 nitrogen and oxygen atoms in total. The van der Waals surface area contributed by atoms with Crippen molar-refractivity contribution in [2.45, 2.75) is 13.0 Å². The molecule has 0 aliphatic heterocycles. The second kappa shape index (κ2) is 12.3. The molecule has 0 fully saturated rings. The van der Waals surface area contributed by atoms with Crippen molar-refractivity contribution in [1.82, 2.24) is 10.6 Å². The van der Waals surface area contributed by atoms with E-state index in [9.17, 15) is 9.59 Å². The summed E-state index contributed by atoms with van der Waals surface area (Å²) in [6.07, 6.45) is 3.00. The minimum Gasteiger partial charge on any atom is -0.493 e. The molecule has 0 saturated heterocycles. The van der Waals surface area contributed by atoms with Crippen LogP contribution >= 0.6 is 12.2 Å². The Balaban J connectivity index is 1.56. The molecule has 0 saturated carbocycles. The zero-order valence-corrected chi connectivity index (χ0v) is 20.5. The lowest BCUT2D eigenvalue weighted by atomic mass is 10.1. The summed E-state index contributed by atoms with van der Waals surface area (Å²) in [6, 6.07) is 21.8. The topological polar surface area (TPSA) is 88.7 Å². The van der Waals surface area contributed by atoms with Gasteiger partial charge in [0.2, 0.25) is 5.91 Å². The zero-order chi connectivity index (χ0) is 25.2. The van der Waals surface area contributed by atoms with E-state index in [4.69, 9.17) is 21.7 Å². The molecule has 0 aromatic heterocycles. The van der Waals surface area contributed by atoms with Gasteiger partial charge in [-0.25, -0.2) is 0 Å². The number of anilines is 1. The van der Waals surface area contributed by atoms with Crippen LogP contribution in [0.3, 0.4) is 0 Å². The number of carbonyl (C=O) groups excluding carboxylic acids is 2. The molecule has 180 valence electrons. The first-order valence-corrected chi connectivity index (χ1v) is 11.3. The lowest BCUT2D eigenvalue weighted by Gasteiger charge is -2.15. The first-order valence-electron chi connectivity index (χ1n) is 10.9. The Bertz CT molecular complexity index is 1230. The SMILES string of the molecule is COc1ccc(/C=C/C(=O)NC(=S)Nc2cccc(C(=O)NC(C)c3ccccc3)c2)cc1OC. The van der Waals surface area contributed by atoms with Crippen LogP contribution in [0.25, 0.3) is 6.08 Å². The van der Waals surface area contributed by atoms with E-state index in [1.165, 1.54) is 6.08 Å². The van der Waals surface area contributed by atoms with Crippen molar-refractivity contribution in [3.8, 4) is 11.5 Å². The van der Waals surface area contributed by atoms with E-state index in [-0.39, 0.29) is 17.1 Å². The highest BCUT2D eigenvalue weighted by Crippen LogP contribution is 2.27. The molecule has 0 radical (unpaired) electrons. The fourth-order valence-electron chi connectivity index (χ4n) is 3.29. The van der Waals surface area contributed by atoms with Crippen LogP contribution in [-0.4, -0.2) is 31.1 Å². The van der Waals surface area contributed by atoms with Gasteiger partial charge in [0.1, 0.15) is 0 Å². The monoisotopic (exact) mass is 489 g/mol. The Hall–Kier alpha value is -4.17. The number of rotatable bonds is 8. The maximum Gasteiger partial charge on any atom is 0.251 e. The third-order valence-corrected chi connectivity index (χ3v) is 5.31. The maximum atomic E-state index is 12.7. The second-order valence-electron chi connectivity index (χ2n) is 7.58. The molecule has 3 rings (SSSR count). The van der Waals surface area contributed by atoms with Crippen LogP contribution in [0.4, 0.5) is 5.69 Å². The number of hydrogen-bond donors (Lipinski definition) is 3. The molecule has 0 bridgehead atoms. The Labute approximate surface area is 210 Å². The number of ether oxygens (including phenoxy) is 2. The summed E-state index contributed by atoms with van der Waals surface area (Å²) in [4.78, 5) is 25.0. The van der Waals surface area contributed by atoms with Gasteiger partial charge in [-0.15, -0.1) is 0 Å². The lowest BCUT2D eigenvalue weighted by Crippen LogP contribution is -2.33. The van der Waals surface area contributed by atoms with Gasteiger partial charge in [0, 0.05) is 17.3 Å². The van der Waals surface area contributed by atoms with E-state index in [2.05, 4.69) is 16.0 Å². The zero-order valence-electron chi connectivity index (χ0n) is 19.7. The van der Waals surface area contributed by atoms with Crippen LogP contribution in [0.15, 0.2) is 78.9 Å². The third kappa shape index (κ3) is 7.41. The number of benzene rings is 3. The number of methoxy groups -OCH3 is 2. The van der Waals surface area contributed by atoms with Crippen LogP contribution in [0.5, 0.6) is 11.5 Å². The maximum absolute atomic E-state index is 12.7. The molecule has 0 heterocycles. The Morgan fingerprint density at radius 2 is 1.66 bits per heavy atom. The molecule has 35 heavy (non-hydrogen) atoms. The molecule has 3 aromatic carbocycles. The minimum atomic E-state index is -0.400. The lowest BCUT2D eigenvalue weighted by molar-refractivity contribution is -0.115. The first-order chi connectivity index (χ1) is 16.9. The average Bonchev–Trinajstić information content (AvgIpc) is 2.87. The van der Waals surface area contributed by atoms with Gasteiger partial charge in [0.05, 0.1) is 20.3 Å². The summed E-state index contributed by atoms with van der Waals surface area (Å²) in [7, 11) is 3.10. The fourth-order valence-corrected chi connectivity index (χ4v) is 3.51. The van der Waals surface area contributed by atoms with Gasteiger partial charge in [-0.1, -0.05) is 42.5 Å². The molecular weight excluding hydrogens is 462 g/mol. The van der Waals surface area contributed by atoms with Gasteiger partial charge in [-0.2, -0.15) is 0 Å². The average molecular weight is 490 g/mol. The van der Waals surface area contributed by atoms with Crippen LogP contribution in [0, 0.1) is 0 Å². The number of hydrogen-bond acceptors (Lipinski definition) is 5. The van der Waals surface area contributed by atoms with E-state index in [1.54, 1.807) is 62.8 Å². The van der Waals surface area contributed by atoms with Crippen LogP contribution < -0.4 is 25.4 Å². The summed E-state index contributed by atoms with van der Waals surface area (Å²) in [5, 5.41) is 8.61. The molecule has 0 aliphatic rings. The number of amides is 2. The molecule has 0 aliphatic carbocycles. The summed E-state index contributed by atoms with van der Waals surface area (Å²) >= 11 is 5.24. The molecular formula is C27H27N3O4S. The van der Waals surface area contributed by atoms with E-state index < -0.39 is 5.91 Å². The van der Waals surface area contributed by atoms with Gasteiger partial charge in [0.15, 0.2) is 16.6 Å². The van der Waals surface area contributed by atoms with Crippen molar-refractivity contribution in [3.63, 3.8) is 0 Å². The molecule has 3 N–H and O–H groups in total. The van der Waals surface area contributed by atoms with E-state index >= 15 is 0 Å². The van der Waals surface area contributed by atoms with Crippen molar-refractivity contribution in [2.24, 2.45) is 0 Å². The predicted molar refractivity (Wildman–Crippen MR) is 142 cm³/mol. The molecule has 3 aromatic rings. The van der Waals surface area contributed by atoms with Crippen molar-refractivity contribution >= 4 is 40.9 Å². The van der Waals surface area contributed by atoms with Gasteiger partial charge >= 0.3 is 0 Å². The quantitative estimate of drug-likeness (QED) is 0.313. The molecule has 1 unspecified atom stereocenters. The predicted octanol–water partition coefficient (Wildman–Crippen LogP) is 4.72. The van der Waals surface area contributed by atoms with Crippen LogP contribution in [-0.2, 0) is 4.79 Å². The van der Waals surface area contributed by atoms with Gasteiger partial charge in [0.25, 0.3) is 5.91 Å². The Kier molecular flexibility index (Phi) is 8.97. The summed E-state index contributed by atoms with van der Waals surface area (Å²) in [5.74, 6) is 0.555. The van der Waals surface area contributed by atoms with E-state index in [0.29, 0.717) is 22.7 Å². The fraction of sp³-hybridized carbons (Fsp3) is 0.148. The number of thiocarbonyl (C=S) groups is 1. The first kappa shape index (κ1) is 25.5. The van der Waals surface area contributed by atoms with Crippen molar-refractivity contribution in [2.75, 3.05) is 19.5 Å². The third-order valence-electron chi connectivity index (χ3n) is 5.10. The number of carbonyl (C=O) groups is 2. The van der Waals surface area contributed by atoms with Crippen molar-refractivity contribution < 1.29 is 19.1 Å². The van der Waals surface area contributed by atoms with Crippen molar-refractivity contribution in [3.05, 3.63) is 95.6 Å². The molecule has 1 atom stereocenters. The molecule has 8 heteroatoms. The minimum absolute atomic E-state index is 0.113. The largest absolute Gasteiger partial charge is 0.493 e. The van der Waals surface area contributed by atoms with Gasteiger partial charge in [-0.3, -0.25) is 14.9 Å². The van der Waals surface area contributed by atoms with Crippen molar-refractivity contribution in [1.29, 1.82) is 0 Å². The highest BCUT2D eigenvalue weighted by atomic mass is 32.1. The Morgan fingerprint density at radius 1 is 0.914 bits per heavy atom. The normalized spacial score (nSPS) is 11.4. The summed E-state index contributed by atoms with van der Waals surface area (Å²) < 4.78 is 10.5. The van der Waals surface area contributed by atoms with E-state index in [1.807, 2.05) is 37.3 Å². The molecule has 2 amide bonds. The van der Waals surface area contributed by atoms with E-state index in [0.717, 1.165) is 11.1 Å². The van der Waals surface area contributed by atoms with Gasteiger partial charge in [-0.05, 0) is 66.7 Å². The highest BCUT2D eigenvalue weighted by Gasteiger charge is 2.12. The molecule has 0 spiro atoms. The summed E-state index contributed by atoms with van der Waals surface area (Å²) in [5.41, 5.74) is 2.83. The smallest absolute Gasteiger partial charge is 0.251 e. The van der Waals surface area contributed by atoms with Crippen LogP contribution in [0.1, 0.15) is 34.5 Å². The highest BCUT2D eigenvalue weighted by molar-refractivity contribution is 7.80.